The van der Waals surface area contributed by atoms with Gasteiger partial charge < -0.3 is 15.7 Å². The molecule has 0 aliphatic heterocycles. The molecular weight excluding hydrogens is 356 g/mol. The zero-order valence-electron chi connectivity index (χ0n) is 16.0. The molecule has 0 spiro atoms. The molecule has 146 valence electrons. The van der Waals surface area contributed by atoms with E-state index in [4.69, 9.17) is 5.26 Å². The van der Waals surface area contributed by atoms with Crippen LogP contribution >= 0.6 is 0 Å². The number of urea groups is 1. The van der Waals surface area contributed by atoms with Crippen molar-refractivity contribution in [2.24, 2.45) is 0 Å². The third kappa shape index (κ3) is 6.02. The molecule has 0 aliphatic rings. The average Bonchev–Trinajstić information content (AvgIpc) is 2.68. The zero-order chi connectivity index (χ0) is 20.5. The van der Waals surface area contributed by atoms with Gasteiger partial charge in [-0.1, -0.05) is 42.0 Å². The van der Waals surface area contributed by atoms with Crippen molar-refractivity contribution in [2.75, 3.05) is 6.54 Å². The van der Waals surface area contributed by atoms with E-state index in [-0.39, 0.29) is 18.7 Å². The number of nitrogens with zero attached hydrogens (tertiary/aromatic N) is 2. The quantitative estimate of drug-likeness (QED) is 0.507. The first-order valence-corrected chi connectivity index (χ1v) is 9.02. The monoisotopic (exact) mass is 380 g/mol. The van der Waals surface area contributed by atoms with Crippen LogP contribution in [0.5, 0.6) is 5.75 Å². The number of hydrogen-bond donors (Lipinski definition) is 3. The Hall–Kier alpha value is -3.53. The molecule has 0 saturated carbocycles. The molecular formula is C21H24N4O3. The van der Waals surface area contributed by atoms with E-state index in [1.165, 1.54) is 12.1 Å². The van der Waals surface area contributed by atoms with Gasteiger partial charge in [0, 0.05) is 19.5 Å². The number of aryl methyl sites for hydroxylation is 1. The van der Waals surface area contributed by atoms with E-state index in [0.29, 0.717) is 6.54 Å². The van der Waals surface area contributed by atoms with E-state index in [9.17, 15) is 14.7 Å². The lowest BCUT2D eigenvalue weighted by atomic mass is 10.0. The fourth-order valence-electron chi connectivity index (χ4n) is 2.75. The van der Waals surface area contributed by atoms with E-state index >= 15 is 0 Å². The van der Waals surface area contributed by atoms with Gasteiger partial charge in [0.25, 0.3) is 5.91 Å². The Balaban J connectivity index is 2.07. The molecule has 0 fully saturated rings. The van der Waals surface area contributed by atoms with Gasteiger partial charge in [-0.2, -0.15) is 5.26 Å². The molecule has 28 heavy (non-hydrogen) atoms. The van der Waals surface area contributed by atoms with E-state index < -0.39 is 18.0 Å². The number of phenolic OH excluding ortho intramolecular Hbond substituents is 1. The summed E-state index contributed by atoms with van der Waals surface area (Å²) in [6, 6.07) is 12.7. The average molecular weight is 380 g/mol. The Kier molecular flexibility index (Phi) is 7.40. The highest BCUT2D eigenvalue weighted by Crippen LogP contribution is 2.12. The first-order chi connectivity index (χ1) is 13.4. The highest BCUT2D eigenvalue weighted by molar-refractivity contribution is 5.88. The molecule has 1 unspecified atom stereocenters. The lowest BCUT2D eigenvalue weighted by Crippen LogP contribution is -2.51. The van der Waals surface area contributed by atoms with Crippen LogP contribution in [-0.2, 0) is 17.8 Å². The molecule has 0 aromatic heterocycles. The van der Waals surface area contributed by atoms with Crippen LogP contribution in [0.1, 0.15) is 23.6 Å². The van der Waals surface area contributed by atoms with Crippen molar-refractivity contribution in [3.05, 3.63) is 65.2 Å². The summed E-state index contributed by atoms with van der Waals surface area (Å²) in [4.78, 5) is 26.0. The maximum atomic E-state index is 12.6. The molecule has 2 aromatic carbocycles. The lowest BCUT2D eigenvalue weighted by Gasteiger charge is -2.22. The van der Waals surface area contributed by atoms with Crippen molar-refractivity contribution < 1.29 is 14.7 Å². The maximum Gasteiger partial charge on any atom is 0.315 e. The number of aromatic hydroxyl groups is 1. The number of benzene rings is 2. The first kappa shape index (κ1) is 20.8. The van der Waals surface area contributed by atoms with Crippen molar-refractivity contribution >= 4 is 11.9 Å². The van der Waals surface area contributed by atoms with Crippen LogP contribution in [0.4, 0.5) is 4.79 Å². The van der Waals surface area contributed by atoms with Crippen LogP contribution in [0, 0.1) is 18.4 Å². The highest BCUT2D eigenvalue weighted by Gasteiger charge is 2.25. The van der Waals surface area contributed by atoms with E-state index in [0.717, 1.165) is 21.6 Å². The van der Waals surface area contributed by atoms with E-state index in [1.807, 2.05) is 37.4 Å². The van der Waals surface area contributed by atoms with Crippen molar-refractivity contribution in [1.29, 1.82) is 5.26 Å². The van der Waals surface area contributed by atoms with Crippen LogP contribution in [0.2, 0.25) is 0 Å². The van der Waals surface area contributed by atoms with Gasteiger partial charge in [-0.25, -0.2) is 9.69 Å². The molecule has 0 radical (unpaired) electrons. The van der Waals surface area contributed by atoms with Crippen molar-refractivity contribution in [1.82, 2.24) is 15.5 Å². The molecule has 0 aliphatic carbocycles. The molecule has 0 bridgehead atoms. The summed E-state index contributed by atoms with van der Waals surface area (Å²) in [6.45, 7) is 4.20. The largest absolute Gasteiger partial charge is 0.508 e. The smallest absolute Gasteiger partial charge is 0.315 e. The molecule has 3 N–H and O–H groups in total. The Morgan fingerprint density at radius 1 is 1.18 bits per heavy atom. The number of hydrogen-bond acceptors (Lipinski definition) is 4. The normalized spacial score (nSPS) is 11.2. The second-order valence-electron chi connectivity index (χ2n) is 6.42. The van der Waals surface area contributed by atoms with Gasteiger partial charge in [-0.05, 0) is 37.1 Å². The number of nitrogens with one attached hydrogen (secondary N) is 2. The topological polar surface area (TPSA) is 105 Å². The summed E-state index contributed by atoms with van der Waals surface area (Å²) in [5, 5.41) is 24.0. The standard InChI is InChI=1S/C21H24N4O3/c1-3-25(14-22)20(27)19(12-16-7-9-18(26)10-8-16)24-21(28)23-13-17-6-4-5-15(2)11-17/h4-11,19,26H,3,12-13H2,1-2H3,(H2,23,24,28). The van der Waals surface area contributed by atoms with Gasteiger partial charge in [0.1, 0.15) is 11.8 Å². The maximum absolute atomic E-state index is 12.6. The van der Waals surface area contributed by atoms with Crippen LogP contribution < -0.4 is 10.6 Å². The molecule has 1 atom stereocenters. The molecule has 7 nitrogen and oxygen atoms in total. The molecule has 0 saturated heterocycles. The summed E-state index contributed by atoms with van der Waals surface area (Å²) in [7, 11) is 0. The van der Waals surface area contributed by atoms with Gasteiger partial charge in [-0.15, -0.1) is 0 Å². The van der Waals surface area contributed by atoms with Gasteiger partial charge in [0.05, 0.1) is 0 Å². The van der Waals surface area contributed by atoms with Crippen LogP contribution in [0.3, 0.4) is 0 Å². The number of carbonyl (C=O) groups is 2. The zero-order valence-corrected chi connectivity index (χ0v) is 16.0. The third-order valence-corrected chi connectivity index (χ3v) is 4.22. The van der Waals surface area contributed by atoms with Crippen LogP contribution in [0.15, 0.2) is 48.5 Å². The Labute approximate surface area is 164 Å². The second-order valence-corrected chi connectivity index (χ2v) is 6.42. The lowest BCUT2D eigenvalue weighted by molar-refractivity contribution is -0.129. The van der Waals surface area contributed by atoms with E-state index in [1.54, 1.807) is 19.1 Å². The summed E-state index contributed by atoms with van der Waals surface area (Å²) >= 11 is 0. The number of carbonyl (C=O) groups excluding carboxylic acids is 2. The fourth-order valence-corrected chi connectivity index (χ4v) is 2.75. The number of amides is 3. The summed E-state index contributed by atoms with van der Waals surface area (Å²) < 4.78 is 0. The molecule has 7 heteroatoms. The summed E-state index contributed by atoms with van der Waals surface area (Å²) in [6.07, 6.45) is 2.04. The molecule has 2 rings (SSSR count). The Bertz CT molecular complexity index is 859. The van der Waals surface area contributed by atoms with Crippen LogP contribution in [0.25, 0.3) is 0 Å². The summed E-state index contributed by atoms with van der Waals surface area (Å²) in [5.41, 5.74) is 2.79. The van der Waals surface area contributed by atoms with Gasteiger partial charge >= 0.3 is 6.03 Å². The van der Waals surface area contributed by atoms with Gasteiger partial charge in [-0.3, -0.25) is 4.79 Å². The Morgan fingerprint density at radius 3 is 2.50 bits per heavy atom. The Morgan fingerprint density at radius 2 is 1.89 bits per heavy atom. The van der Waals surface area contributed by atoms with Crippen LogP contribution in [-0.4, -0.2) is 34.5 Å². The SMILES string of the molecule is CCN(C#N)C(=O)C(Cc1ccc(O)cc1)NC(=O)NCc1cccc(C)c1. The van der Waals surface area contributed by atoms with Gasteiger partial charge in [0.2, 0.25) is 0 Å². The molecule has 2 aromatic rings. The van der Waals surface area contributed by atoms with Crippen molar-refractivity contribution in [3.8, 4) is 11.9 Å². The predicted molar refractivity (Wildman–Crippen MR) is 105 cm³/mol. The number of likely N-dealkylation sites (N-methyl/N-ethyl adjacent to an activating group) is 1. The highest BCUT2D eigenvalue weighted by atomic mass is 16.3. The number of rotatable bonds is 7. The minimum Gasteiger partial charge on any atom is -0.508 e. The minimum atomic E-state index is -0.901. The summed E-state index contributed by atoms with van der Waals surface area (Å²) in [5.74, 6) is -0.369. The van der Waals surface area contributed by atoms with Gasteiger partial charge in [0.15, 0.2) is 6.19 Å². The molecule has 0 heterocycles. The predicted octanol–water partition coefficient (Wildman–Crippen LogP) is 2.44. The first-order valence-electron chi connectivity index (χ1n) is 9.02. The second kappa shape index (κ2) is 9.97. The molecule has 3 amide bonds. The number of phenols is 1. The third-order valence-electron chi connectivity index (χ3n) is 4.22. The fraction of sp³-hybridized carbons (Fsp3) is 0.286. The van der Waals surface area contributed by atoms with Crippen molar-refractivity contribution in [2.45, 2.75) is 32.9 Å². The number of nitriles is 1. The van der Waals surface area contributed by atoms with E-state index in [2.05, 4.69) is 10.6 Å². The van der Waals surface area contributed by atoms with Crippen molar-refractivity contribution in [3.63, 3.8) is 0 Å². The minimum absolute atomic E-state index is 0.114.